The predicted octanol–water partition coefficient (Wildman–Crippen LogP) is 12.5. The quantitative estimate of drug-likeness (QED) is 0.0300. The third-order valence-corrected chi connectivity index (χ3v) is 13.3. The van der Waals surface area contributed by atoms with Crippen molar-refractivity contribution in [2.45, 2.75) is 205 Å². The number of hydrogen-bond acceptors (Lipinski definition) is 5. The number of halogens is 1. The number of carbonyl (C=O) groups is 2. The van der Waals surface area contributed by atoms with Crippen LogP contribution in [0, 0.1) is 17.3 Å². The van der Waals surface area contributed by atoms with Crippen LogP contribution in [0.4, 0.5) is 0 Å². The fraction of sp³-hybridized carbons (Fsp3) is 0.750. The molecule has 55 heavy (non-hydrogen) atoms. The van der Waals surface area contributed by atoms with Crippen LogP contribution in [-0.2, 0) is 22.4 Å². The number of aliphatic hydroxyl groups excluding tert-OH is 2. The Morgan fingerprint density at radius 3 is 2.09 bits per heavy atom. The molecule has 0 amide bonds. The molecule has 0 heterocycles. The highest BCUT2D eigenvalue weighted by Crippen LogP contribution is 2.48. The van der Waals surface area contributed by atoms with Gasteiger partial charge in [0.25, 0.3) is 0 Å². The van der Waals surface area contributed by atoms with E-state index in [1.54, 1.807) is 12.1 Å². The van der Waals surface area contributed by atoms with Gasteiger partial charge in [0.2, 0.25) is 0 Å². The summed E-state index contributed by atoms with van der Waals surface area (Å²) in [6, 6.07) is 5.49. The van der Waals surface area contributed by atoms with Crippen molar-refractivity contribution >= 4 is 23.5 Å². The molecular weight excluding hydrogens is 708 g/mol. The molecular formula is C48H77ClO6. The third-order valence-electron chi connectivity index (χ3n) is 12.8. The summed E-state index contributed by atoms with van der Waals surface area (Å²) in [5.74, 6) is -0.981. The maximum atomic E-state index is 12.4. The maximum absolute atomic E-state index is 12.4. The van der Waals surface area contributed by atoms with Crippen LogP contribution in [-0.4, -0.2) is 51.5 Å². The van der Waals surface area contributed by atoms with Gasteiger partial charge >= 0.3 is 11.9 Å². The molecule has 6 nitrogen and oxygen atoms in total. The topological polar surface area (TPSA) is 104 Å². The Kier molecular flexibility index (Phi) is 23.6. The van der Waals surface area contributed by atoms with Crippen LogP contribution >= 0.6 is 11.6 Å². The number of hydrogen-bond donors (Lipinski definition) is 3. The van der Waals surface area contributed by atoms with Crippen LogP contribution in [0.3, 0.4) is 0 Å². The molecule has 0 saturated heterocycles. The van der Waals surface area contributed by atoms with Crippen molar-refractivity contribution in [3.63, 3.8) is 0 Å². The van der Waals surface area contributed by atoms with Gasteiger partial charge < -0.3 is 20.1 Å². The number of alkyl halides is 1. The summed E-state index contributed by atoms with van der Waals surface area (Å²) in [6.45, 7) is 4.77. The number of aromatic carboxylic acids is 1. The van der Waals surface area contributed by atoms with E-state index in [1.165, 1.54) is 95.5 Å². The first kappa shape index (κ1) is 47.2. The lowest BCUT2D eigenvalue weighted by Gasteiger charge is -2.45. The standard InChI is InChI=1S/C48H77ClO6/c1-3-5-6-7-8-9-10-11-12-13-14-15-16-19-25-38-31-32-40(47(53)54)36-39(38)26-23-35-55-46(52)30-21-18-17-20-27-41-42(44(50)37-43(41)49)28-22-29-45(51)48(4-2)33-24-34-48/h17,20,22,28,31-32,36,41-45,50-51H,3-16,18-19,21,23-27,29-30,33-35,37H2,1-2H3,(H,53,54)/b20-17-,28-22+/t41-,42-,43-,44-,45+/m1/s1. The summed E-state index contributed by atoms with van der Waals surface area (Å²) < 4.78 is 5.54. The Hall–Kier alpha value is -2.15. The van der Waals surface area contributed by atoms with Crippen LogP contribution in [0.25, 0.3) is 0 Å². The summed E-state index contributed by atoms with van der Waals surface area (Å²) in [6.07, 6.45) is 36.7. The Labute approximate surface area is 339 Å². The minimum absolute atomic E-state index is 0.0139. The van der Waals surface area contributed by atoms with E-state index >= 15 is 0 Å². The fourth-order valence-corrected chi connectivity index (χ4v) is 9.29. The molecule has 312 valence electrons. The summed E-state index contributed by atoms with van der Waals surface area (Å²) in [7, 11) is 0. The zero-order chi connectivity index (χ0) is 39.7. The molecule has 0 aromatic heterocycles. The summed E-state index contributed by atoms with van der Waals surface area (Å²) in [5, 5.41) is 30.9. The van der Waals surface area contributed by atoms with Crippen molar-refractivity contribution in [2.24, 2.45) is 17.3 Å². The lowest BCUT2D eigenvalue weighted by molar-refractivity contribution is -0.143. The summed E-state index contributed by atoms with van der Waals surface area (Å²) >= 11 is 6.65. The van der Waals surface area contributed by atoms with Crippen molar-refractivity contribution < 1.29 is 29.6 Å². The highest BCUT2D eigenvalue weighted by Gasteiger charge is 2.42. The number of carboxylic acid groups (broad SMARTS) is 1. The number of rotatable bonds is 31. The van der Waals surface area contributed by atoms with E-state index in [-0.39, 0.29) is 34.7 Å². The number of esters is 1. The Balaban J connectivity index is 1.27. The number of aryl methyl sites for hydroxylation is 2. The molecule has 2 saturated carbocycles. The number of unbranched alkanes of at least 4 members (excludes halogenated alkanes) is 14. The minimum Gasteiger partial charge on any atom is -0.478 e. The average Bonchev–Trinajstić information content (AvgIpc) is 3.42. The summed E-state index contributed by atoms with van der Waals surface area (Å²) in [4.78, 5) is 24.1. The molecule has 0 radical (unpaired) electrons. The molecule has 2 aliphatic carbocycles. The normalized spacial score (nSPS) is 21.3. The molecule has 2 fully saturated rings. The lowest BCUT2D eigenvalue weighted by atomic mass is 9.63. The van der Waals surface area contributed by atoms with Gasteiger partial charge in [0.1, 0.15) is 0 Å². The first-order valence-corrected chi connectivity index (χ1v) is 23.0. The average molecular weight is 786 g/mol. The molecule has 0 unspecified atom stereocenters. The molecule has 3 N–H and O–H groups in total. The van der Waals surface area contributed by atoms with Crippen LogP contribution < -0.4 is 0 Å². The molecule has 2 aliphatic rings. The molecule has 0 bridgehead atoms. The molecule has 5 atom stereocenters. The number of carbonyl (C=O) groups excluding carboxylic acids is 1. The number of benzene rings is 1. The SMILES string of the molecule is CCCCCCCCCCCCCCCCc1ccc(C(=O)O)cc1CCCOC(=O)CCC/C=C\C[C@@H]1[C@@H](/C=C/C[C@H](O)C2(CC)CCC2)[C@H](O)C[C@H]1Cl. The van der Waals surface area contributed by atoms with Gasteiger partial charge in [0.05, 0.1) is 24.4 Å². The van der Waals surface area contributed by atoms with Gasteiger partial charge in [-0.2, -0.15) is 0 Å². The Morgan fingerprint density at radius 1 is 0.855 bits per heavy atom. The maximum Gasteiger partial charge on any atom is 0.335 e. The molecule has 1 aromatic carbocycles. The van der Waals surface area contributed by atoms with Gasteiger partial charge in [-0.3, -0.25) is 4.79 Å². The predicted molar refractivity (Wildman–Crippen MR) is 228 cm³/mol. The van der Waals surface area contributed by atoms with Crippen LogP contribution in [0.15, 0.2) is 42.5 Å². The van der Waals surface area contributed by atoms with E-state index in [2.05, 4.69) is 38.2 Å². The van der Waals surface area contributed by atoms with Gasteiger partial charge in [-0.05, 0) is 112 Å². The Morgan fingerprint density at radius 2 is 1.49 bits per heavy atom. The lowest BCUT2D eigenvalue weighted by Crippen LogP contribution is -2.40. The minimum atomic E-state index is -0.912. The molecule has 0 aliphatic heterocycles. The largest absolute Gasteiger partial charge is 0.478 e. The van der Waals surface area contributed by atoms with Crippen molar-refractivity contribution in [1.82, 2.24) is 0 Å². The summed E-state index contributed by atoms with van der Waals surface area (Å²) in [5.41, 5.74) is 2.66. The van der Waals surface area contributed by atoms with Crippen LogP contribution in [0.2, 0.25) is 0 Å². The van der Waals surface area contributed by atoms with E-state index in [9.17, 15) is 24.9 Å². The van der Waals surface area contributed by atoms with Crippen LogP contribution in [0.1, 0.15) is 196 Å². The van der Waals surface area contributed by atoms with Gasteiger partial charge in [0, 0.05) is 17.7 Å². The fourth-order valence-electron chi connectivity index (χ4n) is 8.83. The van der Waals surface area contributed by atoms with E-state index in [4.69, 9.17) is 16.3 Å². The van der Waals surface area contributed by atoms with Crippen molar-refractivity contribution in [2.75, 3.05) is 6.61 Å². The second-order valence-corrected chi connectivity index (χ2v) is 17.4. The second-order valence-electron chi connectivity index (χ2n) is 16.9. The van der Waals surface area contributed by atoms with Crippen molar-refractivity contribution in [1.29, 1.82) is 0 Å². The Bertz CT molecular complexity index is 1270. The van der Waals surface area contributed by atoms with E-state index < -0.39 is 12.1 Å². The zero-order valence-electron chi connectivity index (χ0n) is 34.7. The number of aliphatic hydroxyl groups is 2. The van der Waals surface area contributed by atoms with Crippen LogP contribution in [0.5, 0.6) is 0 Å². The smallest absolute Gasteiger partial charge is 0.335 e. The van der Waals surface area contributed by atoms with E-state index in [1.807, 2.05) is 6.07 Å². The zero-order valence-corrected chi connectivity index (χ0v) is 35.4. The van der Waals surface area contributed by atoms with Gasteiger partial charge in [-0.25, -0.2) is 4.79 Å². The van der Waals surface area contributed by atoms with Gasteiger partial charge in [-0.1, -0.05) is 134 Å². The molecule has 0 spiro atoms. The second kappa shape index (κ2) is 27.5. The van der Waals surface area contributed by atoms with Crippen molar-refractivity contribution in [3.05, 3.63) is 59.2 Å². The van der Waals surface area contributed by atoms with Gasteiger partial charge in [0.15, 0.2) is 0 Å². The first-order chi connectivity index (χ1) is 26.7. The third kappa shape index (κ3) is 17.5. The molecule has 1 aromatic rings. The first-order valence-electron chi connectivity index (χ1n) is 22.5. The highest BCUT2D eigenvalue weighted by atomic mass is 35.5. The molecule has 3 rings (SSSR count). The highest BCUT2D eigenvalue weighted by molar-refractivity contribution is 6.21. The molecule has 7 heteroatoms. The van der Waals surface area contributed by atoms with E-state index in [0.29, 0.717) is 50.7 Å². The number of carboxylic acids is 1. The monoisotopic (exact) mass is 785 g/mol. The van der Waals surface area contributed by atoms with Gasteiger partial charge in [-0.15, -0.1) is 11.6 Å². The number of ether oxygens (including phenoxy) is 1. The van der Waals surface area contributed by atoms with E-state index in [0.717, 1.165) is 50.5 Å². The van der Waals surface area contributed by atoms with Crippen molar-refractivity contribution in [3.8, 4) is 0 Å². The number of allylic oxidation sites excluding steroid dienone is 2.